The molecule has 1 aromatic carbocycles. The molecule has 2 aromatic heterocycles. The summed E-state index contributed by atoms with van der Waals surface area (Å²) in [5.41, 5.74) is 2.00. The van der Waals surface area contributed by atoms with Crippen LogP contribution < -0.4 is 10.1 Å². The molecule has 0 bridgehead atoms. The lowest BCUT2D eigenvalue weighted by Gasteiger charge is -2.44. The van der Waals surface area contributed by atoms with Crippen molar-refractivity contribution in [1.82, 2.24) is 14.8 Å². The molecule has 0 saturated heterocycles. The van der Waals surface area contributed by atoms with Gasteiger partial charge in [0, 0.05) is 24.7 Å². The van der Waals surface area contributed by atoms with E-state index in [4.69, 9.17) is 9.15 Å². The number of hydrogen-bond donors (Lipinski definition) is 1. The molecule has 2 amide bonds. The standard InChI is InChI=1S/C28H35N3O4/c1-3-15-34-22-12-10-20(11-13-22)18-31-26(32)24-17-25-23(14-16-35-25)30(24)19-28(31,2)27(33)29-21-8-6-4-5-7-9-21/h10-14,16-17,21H,3-9,15,18-19H2,1-2H3,(H,29,33)/t28-/m0/s1. The number of aromatic nitrogens is 1. The van der Waals surface area contributed by atoms with E-state index < -0.39 is 5.54 Å². The van der Waals surface area contributed by atoms with Gasteiger partial charge in [0.1, 0.15) is 17.0 Å². The van der Waals surface area contributed by atoms with Gasteiger partial charge in [-0.2, -0.15) is 0 Å². The summed E-state index contributed by atoms with van der Waals surface area (Å²) in [6.07, 6.45) is 9.27. The number of hydrogen-bond acceptors (Lipinski definition) is 4. The first-order valence-corrected chi connectivity index (χ1v) is 12.9. The Morgan fingerprint density at radius 1 is 1.14 bits per heavy atom. The van der Waals surface area contributed by atoms with Crippen molar-refractivity contribution >= 4 is 22.9 Å². The first-order chi connectivity index (χ1) is 17.0. The quantitative estimate of drug-likeness (QED) is 0.470. The topological polar surface area (TPSA) is 76.7 Å². The summed E-state index contributed by atoms with van der Waals surface area (Å²) in [4.78, 5) is 29.4. The smallest absolute Gasteiger partial charge is 0.271 e. The van der Waals surface area contributed by atoms with Crippen molar-refractivity contribution in [2.45, 2.75) is 83.5 Å². The summed E-state index contributed by atoms with van der Waals surface area (Å²) in [6.45, 7) is 5.36. The van der Waals surface area contributed by atoms with Crippen molar-refractivity contribution in [1.29, 1.82) is 0 Å². The maximum absolute atomic E-state index is 13.9. The molecule has 7 heteroatoms. The van der Waals surface area contributed by atoms with Gasteiger partial charge in [0.05, 0.1) is 24.9 Å². The van der Waals surface area contributed by atoms with Gasteiger partial charge in [0.25, 0.3) is 5.91 Å². The molecule has 3 aromatic rings. The summed E-state index contributed by atoms with van der Waals surface area (Å²) < 4.78 is 13.2. The third kappa shape index (κ3) is 4.56. The summed E-state index contributed by atoms with van der Waals surface area (Å²) >= 11 is 0. The zero-order valence-electron chi connectivity index (χ0n) is 20.7. The fourth-order valence-corrected chi connectivity index (χ4v) is 5.38. The molecule has 1 aliphatic carbocycles. The van der Waals surface area contributed by atoms with E-state index >= 15 is 0 Å². The predicted molar refractivity (Wildman–Crippen MR) is 134 cm³/mol. The molecule has 1 N–H and O–H groups in total. The van der Waals surface area contributed by atoms with Gasteiger partial charge in [0.15, 0.2) is 5.58 Å². The van der Waals surface area contributed by atoms with Crippen LogP contribution >= 0.6 is 0 Å². The maximum atomic E-state index is 13.9. The average molecular weight is 478 g/mol. The van der Waals surface area contributed by atoms with E-state index in [-0.39, 0.29) is 17.9 Å². The minimum Gasteiger partial charge on any atom is -0.494 e. The maximum Gasteiger partial charge on any atom is 0.271 e. The Labute approximate surface area is 206 Å². The molecule has 2 aliphatic rings. The summed E-state index contributed by atoms with van der Waals surface area (Å²) in [6, 6.07) is 11.6. The van der Waals surface area contributed by atoms with E-state index in [1.54, 1.807) is 17.2 Å². The van der Waals surface area contributed by atoms with Crippen molar-refractivity contribution < 1.29 is 18.7 Å². The molecular weight excluding hydrogens is 442 g/mol. The number of nitrogens with zero attached hydrogens (tertiary/aromatic N) is 2. The Hall–Kier alpha value is -3.22. The van der Waals surface area contributed by atoms with Crippen LogP contribution in [-0.4, -0.2) is 39.5 Å². The van der Waals surface area contributed by atoms with Crippen molar-refractivity contribution in [3.8, 4) is 5.75 Å². The van der Waals surface area contributed by atoms with Gasteiger partial charge < -0.3 is 23.9 Å². The van der Waals surface area contributed by atoms with Crippen LogP contribution in [0.2, 0.25) is 0 Å². The summed E-state index contributed by atoms with van der Waals surface area (Å²) in [5, 5.41) is 3.31. The number of benzene rings is 1. The highest BCUT2D eigenvalue weighted by molar-refractivity contribution is 6.02. The van der Waals surface area contributed by atoms with Gasteiger partial charge in [0.2, 0.25) is 5.91 Å². The normalized spacial score (nSPS) is 21.1. The Bertz CT molecular complexity index is 1190. The number of furan rings is 1. The van der Waals surface area contributed by atoms with Crippen LogP contribution in [0.3, 0.4) is 0 Å². The van der Waals surface area contributed by atoms with Gasteiger partial charge in [-0.15, -0.1) is 0 Å². The van der Waals surface area contributed by atoms with E-state index in [0.717, 1.165) is 48.9 Å². The van der Waals surface area contributed by atoms with E-state index in [2.05, 4.69) is 12.2 Å². The number of nitrogens with one attached hydrogen (secondary N) is 1. The second-order valence-electron chi connectivity index (χ2n) is 10.1. The number of carbonyl (C=O) groups is 2. The molecule has 7 nitrogen and oxygen atoms in total. The molecular formula is C28H35N3O4. The van der Waals surface area contributed by atoms with Gasteiger partial charge in [-0.05, 0) is 43.9 Å². The van der Waals surface area contributed by atoms with Gasteiger partial charge >= 0.3 is 0 Å². The van der Waals surface area contributed by atoms with Crippen LogP contribution in [0, 0.1) is 0 Å². The Morgan fingerprint density at radius 2 is 1.89 bits per heavy atom. The number of amides is 2. The third-order valence-corrected chi connectivity index (χ3v) is 7.47. The second-order valence-corrected chi connectivity index (χ2v) is 10.1. The fraction of sp³-hybridized carbons (Fsp3) is 0.500. The lowest BCUT2D eigenvalue weighted by molar-refractivity contribution is -0.134. The van der Waals surface area contributed by atoms with Crippen LogP contribution in [0.4, 0.5) is 0 Å². The van der Waals surface area contributed by atoms with E-state index in [1.165, 1.54) is 12.8 Å². The van der Waals surface area contributed by atoms with Crippen LogP contribution in [0.25, 0.3) is 11.1 Å². The molecule has 5 rings (SSSR count). The predicted octanol–water partition coefficient (Wildman–Crippen LogP) is 5.28. The molecule has 1 aliphatic heterocycles. The SMILES string of the molecule is CCCOc1ccc(CN2C(=O)c3cc4occc4n3C[C@@]2(C)C(=O)NC2CCCCCC2)cc1. The van der Waals surface area contributed by atoms with Crippen LogP contribution in [0.15, 0.2) is 47.1 Å². The zero-order chi connectivity index (χ0) is 24.4. The van der Waals surface area contributed by atoms with Gasteiger partial charge in [-0.25, -0.2) is 0 Å². The summed E-state index contributed by atoms with van der Waals surface area (Å²) in [7, 11) is 0. The number of carbonyl (C=O) groups excluding carboxylic acids is 2. The largest absolute Gasteiger partial charge is 0.494 e. The molecule has 0 radical (unpaired) electrons. The van der Waals surface area contributed by atoms with Gasteiger partial charge in [-0.1, -0.05) is 44.7 Å². The lowest BCUT2D eigenvalue weighted by atomic mass is 9.93. The number of ether oxygens (including phenoxy) is 1. The Morgan fingerprint density at radius 3 is 2.60 bits per heavy atom. The molecule has 35 heavy (non-hydrogen) atoms. The first kappa shape index (κ1) is 23.5. The molecule has 1 saturated carbocycles. The third-order valence-electron chi connectivity index (χ3n) is 7.47. The zero-order valence-corrected chi connectivity index (χ0v) is 20.7. The number of rotatable bonds is 7. The monoisotopic (exact) mass is 477 g/mol. The van der Waals surface area contributed by atoms with Gasteiger partial charge in [-0.3, -0.25) is 9.59 Å². The van der Waals surface area contributed by atoms with Crippen molar-refractivity contribution in [3.05, 3.63) is 53.9 Å². The molecule has 186 valence electrons. The van der Waals surface area contributed by atoms with Crippen LogP contribution in [-0.2, 0) is 17.9 Å². The Kier molecular flexibility index (Phi) is 6.58. The van der Waals surface area contributed by atoms with Crippen LogP contribution in [0.1, 0.15) is 74.8 Å². The summed E-state index contributed by atoms with van der Waals surface area (Å²) in [5.74, 6) is 0.563. The molecule has 0 unspecified atom stereocenters. The van der Waals surface area contributed by atoms with Crippen molar-refractivity contribution in [2.75, 3.05) is 6.61 Å². The highest BCUT2D eigenvalue weighted by Gasteiger charge is 2.48. The fourth-order valence-electron chi connectivity index (χ4n) is 5.38. The average Bonchev–Trinajstić information content (AvgIpc) is 3.35. The van der Waals surface area contributed by atoms with E-state index in [9.17, 15) is 9.59 Å². The molecule has 0 spiro atoms. The van der Waals surface area contributed by atoms with E-state index in [0.29, 0.717) is 31.0 Å². The van der Waals surface area contributed by atoms with Crippen molar-refractivity contribution in [3.63, 3.8) is 0 Å². The molecule has 1 atom stereocenters. The van der Waals surface area contributed by atoms with E-state index in [1.807, 2.05) is 41.8 Å². The number of fused-ring (bicyclic) bond motifs is 3. The van der Waals surface area contributed by atoms with Crippen LogP contribution in [0.5, 0.6) is 5.75 Å². The Balaban J connectivity index is 1.45. The minimum absolute atomic E-state index is 0.0864. The molecule has 3 heterocycles. The van der Waals surface area contributed by atoms with Crippen molar-refractivity contribution in [2.24, 2.45) is 0 Å². The second kappa shape index (κ2) is 9.80. The highest BCUT2D eigenvalue weighted by atomic mass is 16.5. The highest BCUT2D eigenvalue weighted by Crippen LogP contribution is 2.34. The molecule has 1 fully saturated rings. The minimum atomic E-state index is -1.03. The lowest BCUT2D eigenvalue weighted by Crippen LogP contribution is -2.64. The first-order valence-electron chi connectivity index (χ1n) is 12.9.